The Bertz CT molecular complexity index is 260. The zero-order chi connectivity index (χ0) is 12.5. The molecule has 0 radical (unpaired) electrons. The fraction of sp³-hybridized carbons (Fsp3) is 0.909. The standard InChI is InChI=1S/C11H22N2O3/c1-11(2,3)16-10(15)13-6-8(12(4)5)9(14)7-13/h8-9,14H,6-7H2,1-5H3/t8-,9-/m0/s1. The molecule has 1 N–H and O–H groups in total. The summed E-state index contributed by atoms with van der Waals surface area (Å²) in [6, 6.07) is -0.00693. The molecule has 16 heavy (non-hydrogen) atoms. The highest BCUT2D eigenvalue weighted by atomic mass is 16.6. The van der Waals surface area contributed by atoms with Gasteiger partial charge < -0.3 is 19.6 Å². The molecule has 0 unspecified atom stereocenters. The lowest BCUT2D eigenvalue weighted by atomic mass is 10.2. The Morgan fingerprint density at radius 3 is 2.31 bits per heavy atom. The molecule has 5 heteroatoms. The molecule has 0 aromatic heterocycles. The third-order valence-electron chi connectivity index (χ3n) is 2.57. The van der Waals surface area contributed by atoms with Gasteiger partial charge in [0, 0.05) is 6.54 Å². The van der Waals surface area contributed by atoms with E-state index in [4.69, 9.17) is 4.74 Å². The molecule has 0 bridgehead atoms. The average molecular weight is 230 g/mol. The van der Waals surface area contributed by atoms with Crippen molar-refractivity contribution in [2.75, 3.05) is 27.2 Å². The van der Waals surface area contributed by atoms with Crippen LogP contribution in [-0.4, -0.2) is 65.9 Å². The minimum absolute atomic E-state index is 0.00693. The van der Waals surface area contributed by atoms with Crippen LogP contribution in [0.4, 0.5) is 4.79 Å². The Labute approximate surface area is 97.0 Å². The van der Waals surface area contributed by atoms with E-state index >= 15 is 0 Å². The van der Waals surface area contributed by atoms with Gasteiger partial charge in [-0.05, 0) is 34.9 Å². The molecule has 1 heterocycles. The average Bonchev–Trinajstić information content (AvgIpc) is 2.44. The number of amides is 1. The fourth-order valence-corrected chi connectivity index (χ4v) is 1.75. The lowest BCUT2D eigenvalue weighted by Gasteiger charge is -2.25. The molecule has 94 valence electrons. The van der Waals surface area contributed by atoms with Crippen LogP contribution in [0.25, 0.3) is 0 Å². The highest BCUT2D eigenvalue weighted by Gasteiger charge is 2.36. The summed E-state index contributed by atoms with van der Waals surface area (Å²) in [5.41, 5.74) is -0.488. The highest BCUT2D eigenvalue weighted by Crippen LogP contribution is 2.17. The van der Waals surface area contributed by atoms with E-state index in [-0.39, 0.29) is 12.1 Å². The smallest absolute Gasteiger partial charge is 0.410 e. The Morgan fingerprint density at radius 1 is 1.38 bits per heavy atom. The van der Waals surface area contributed by atoms with Gasteiger partial charge in [-0.1, -0.05) is 0 Å². The minimum atomic E-state index is -0.498. The molecular formula is C11H22N2O3. The normalized spacial score (nSPS) is 26.3. The predicted octanol–water partition coefficient (Wildman–Crippen LogP) is 0.528. The molecule has 1 rings (SSSR count). The SMILES string of the molecule is CN(C)[C@H]1CN(C(=O)OC(C)(C)C)C[C@@H]1O. The van der Waals surface area contributed by atoms with Crippen molar-refractivity contribution in [2.45, 2.75) is 38.5 Å². The van der Waals surface area contributed by atoms with Gasteiger partial charge in [-0.2, -0.15) is 0 Å². The van der Waals surface area contributed by atoms with Crippen LogP contribution >= 0.6 is 0 Å². The Hall–Kier alpha value is -0.810. The second kappa shape index (κ2) is 4.59. The summed E-state index contributed by atoms with van der Waals surface area (Å²) < 4.78 is 5.26. The summed E-state index contributed by atoms with van der Waals surface area (Å²) in [5.74, 6) is 0. The Kier molecular flexibility index (Phi) is 3.80. The third-order valence-corrected chi connectivity index (χ3v) is 2.57. The van der Waals surface area contributed by atoms with Crippen molar-refractivity contribution in [3.63, 3.8) is 0 Å². The Balaban J connectivity index is 2.55. The van der Waals surface area contributed by atoms with Crippen LogP contribution in [0.3, 0.4) is 0 Å². The number of carbonyl (C=O) groups is 1. The molecule has 1 amide bonds. The number of nitrogens with zero attached hydrogens (tertiary/aromatic N) is 2. The van der Waals surface area contributed by atoms with Crippen LogP contribution in [0.2, 0.25) is 0 Å². The van der Waals surface area contributed by atoms with Gasteiger partial charge in [0.1, 0.15) is 5.60 Å². The summed E-state index contributed by atoms with van der Waals surface area (Å²) >= 11 is 0. The fourth-order valence-electron chi connectivity index (χ4n) is 1.75. The summed E-state index contributed by atoms with van der Waals surface area (Å²) in [4.78, 5) is 15.2. The summed E-state index contributed by atoms with van der Waals surface area (Å²) in [6.45, 7) is 6.36. The number of likely N-dealkylation sites (tertiary alicyclic amines) is 1. The number of hydrogen-bond donors (Lipinski definition) is 1. The number of ether oxygens (including phenoxy) is 1. The van der Waals surface area contributed by atoms with E-state index in [1.54, 1.807) is 4.90 Å². The lowest BCUT2D eigenvalue weighted by Crippen LogP contribution is -2.39. The van der Waals surface area contributed by atoms with Crippen LogP contribution in [0, 0.1) is 0 Å². The van der Waals surface area contributed by atoms with Crippen LogP contribution in [0.15, 0.2) is 0 Å². The molecule has 1 aliphatic rings. The molecule has 5 nitrogen and oxygen atoms in total. The first-order valence-electron chi connectivity index (χ1n) is 5.53. The molecule has 0 saturated carbocycles. The van der Waals surface area contributed by atoms with Crippen molar-refractivity contribution in [3.05, 3.63) is 0 Å². The number of hydrogen-bond acceptors (Lipinski definition) is 4. The van der Waals surface area contributed by atoms with Crippen molar-refractivity contribution >= 4 is 6.09 Å². The molecule has 0 aromatic carbocycles. The van der Waals surface area contributed by atoms with Crippen LogP contribution in [0.1, 0.15) is 20.8 Å². The minimum Gasteiger partial charge on any atom is -0.444 e. The van der Waals surface area contributed by atoms with Crippen molar-refractivity contribution in [3.8, 4) is 0 Å². The van der Waals surface area contributed by atoms with E-state index in [0.717, 1.165) is 0 Å². The molecule has 0 aromatic rings. The Morgan fingerprint density at radius 2 is 1.94 bits per heavy atom. The summed E-state index contributed by atoms with van der Waals surface area (Å²) in [6.07, 6.45) is -0.849. The predicted molar refractivity (Wildman–Crippen MR) is 61.3 cm³/mol. The van der Waals surface area contributed by atoms with Gasteiger partial charge in [-0.3, -0.25) is 0 Å². The van der Waals surface area contributed by atoms with Gasteiger partial charge in [0.2, 0.25) is 0 Å². The van der Waals surface area contributed by atoms with Gasteiger partial charge in [0.25, 0.3) is 0 Å². The van der Waals surface area contributed by atoms with Gasteiger partial charge in [-0.15, -0.1) is 0 Å². The summed E-state index contributed by atoms with van der Waals surface area (Å²) in [5, 5.41) is 9.79. The second-order valence-corrected chi connectivity index (χ2v) is 5.48. The second-order valence-electron chi connectivity index (χ2n) is 5.48. The van der Waals surface area contributed by atoms with E-state index in [2.05, 4.69) is 0 Å². The molecular weight excluding hydrogens is 208 g/mol. The molecule has 1 saturated heterocycles. The van der Waals surface area contributed by atoms with Gasteiger partial charge >= 0.3 is 6.09 Å². The number of aliphatic hydroxyl groups excluding tert-OH is 1. The summed E-state index contributed by atoms with van der Waals surface area (Å²) in [7, 11) is 3.79. The largest absolute Gasteiger partial charge is 0.444 e. The quantitative estimate of drug-likeness (QED) is 0.714. The lowest BCUT2D eigenvalue weighted by molar-refractivity contribution is 0.0269. The number of carbonyl (C=O) groups excluding carboxylic acids is 1. The monoisotopic (exact) mass is 230 g/mol. The van der Waals surface area contributed by atoms with Gasteiger partial charge in [-0.25, -0.2) is 4.79 Å². The first kappa shape index (κ1) is 13.3. The first-order chi connectivity index (χ1) is 7.20. The zero-order valence-electron chi connectivity index (χ0n) is 10.7. The van der Waals surface area contributed by atoms with Crippen LogP contribution in [0.5, 0.6) is 0 Å². The molecule has 0 spiro atoms. The molecule has 1 fully saturated rings. The highest BCUT2D eigenvalue weighted by molar-refractivity contribution is 5.68. The first-order valence-corrected chi connectivity index (χ1v) is 5.53. The van der Waals surface area contributed by atoms with Crippen LogP contribution in [-0.2, 0) is 4.74 Å². The van der Waals surface area contributed by atoms with Crippen molar-refractivity contribution < 1.29 is 14.6 Å². The zero-order valence-corrected chi connectivity index (χ0v) is 10.7. The number of rotatable bonds is 1. The van der Waals surface area contributed by atoms with Gasteiger partial charge in [0.15, 0.2) is 0 Å². The van der Waals surface area contributed by atoms with Crippen molar-refractivity contribution in [1.29, 1.82) is 0 Å². The topological polar surface area (TPSA) is 53.0 Å². The van der Waals surface area contributed by atoms with Crippen LogP contribution < -0.4 is 0 Å². The molecule has 0 aliphatic carbocycles. The van der Waals surface area contributed by atoms with Crippen molar-refractivity contribution in [2.24, 2.45) is 0 Å². The van der Waals surface area contributed by atoms with E-state index in [1.807, 2.05) is 39.8 Å². The van der Waals surface area contributed by atoms with E-state index in [9.17, 15) is 9.90 Å². The van der Waals surface area contributed by atoms with E-state index < -0.39 is 11.7 Å². The third kappa shape index (κ3) is 3.35. The van der Waals surface area contributed by atoms with E-state index in [0.29, 0.717) is 13.1 Å². The molecule has 1 aliphatic heterocycles. The van der Waals surface area contributed by atoms with Gasteiger partial charge in [0.05, 0.1) is 18.7 Å². The number of aliphatic hydroxyl groups is 1. The van der Waals surface area contributed by atoms with Crippen molar-refractivity contribution in [1.82, 2.24) is 9.80 Å². The maximum absolute atomic E-state index is 11.7. The number of likely N-dealkylation sites (N-methyl/N-ethyl adjacent to an activating group) is 1. The number of β-amino-alcohol motifs (C(OH)–C–C–N with tert-alkyl or cyclic N) is 1. The molecule has 2 atom stereocenters. The van der Waals surface area contributed by atoms with E-state index in [1.165, 1.54) is 0 Å². The maximum atomic E-state index is 11.7. The maximum Gasteiger partial charge on any atom is 0.410 e.